The van der Waals surface area contributed by atoms with Gasteiger partial charge in [-0.2, -0.15) is 0 Å². The summed E-state index contributed by atoms with van der Waals surface area (Å²) in [5.41, 5.74) is 4.01. The fourth-order valence-corrected chi connectivity index (χ4v) is 3.30. The van der Waals surface area contributed by atoms with Crippen molar-refractivity contribution in [3.63, 3.8) is 0 Å². The molecule has 1 aliphatic rings. The second kappa shape index (κ2) is 5.11. The van der Waals surface area contributed by atoms with Crippen molar-refractivity contribution < 1.29 is 4.79 Å². The first-order chi connectivity index (χ1) is 10.7. The molecule has 0 amide bonds. The van der Waals surface area contributed by atoms with Gasteiger partial charge >= 0.3 is 0 Å². The third-order valence-electron chi connectivity index (χ3n) is 4.13. The van der Waals surface area contributed by atoms with Crippen LogP contribution >= 0.6 is 11.6 Å². The van der Waals surface area contributed by atoms with E-state index in [0.717, 1.165) is 11.4 Å². The average molecular weight is 309 g/mol. The number of carbonyl (C=O) groups is 1. The molecular weight excluding hydrogens is 296 g/mol. The first-order valence-corrected chi connectivity index (χ1v) is 7.52. The Morgan fingerprint density at radius 2 is 2.05 bits per heavy atom. The molecule has 1 aromatic heterocycles. The summed E-state index contributed by atoms with van der Waals surface area (Å²) >= 11 is 5.98. The minimum Gasteiger partial charge on any atom is -0.302 e. The van der Waals surface area contributed by atoms with Crippen LogP contribution in [0, 0.1) is 0 Å². The van der Waals surface area contributed by atoms with E-state index < -0.39 is 0 Å². The van der Waals surface area contributed by atoms with E-state index in [4.69, 9.17) is 11.6 Å². The monoisotopic (exact) mass is 308 g/mol. The Kier molecular flexibility index (Phi) is 3.09. The van der Waals surface area contributed by atoms with Crippen molar-refractivity contribution in [2.45, 2.75) is 12.3 Å². The number of carbonyl (C=O) groups excluding carboxylic acids is 1. The highest BCUT2D eigenvalue weighted by atomic mass is 35.5. The second-order valence-electron chi connectivity index (χ2n) is 5.44. The van der Waals surface area contributed by atoms with Crippen molar-refractivity contribution in [3.8, 4) is 5.69 Å². The average Bonchev–Trinajstić information content (AvgIpc) is 3.10. The van der Waals surface area contributed by atoms with Crippen LogP contribution < -0.4 is 0 Å². The molecule has 0 saturated heterocycles. The lowest BCUT2D eigenvalue weighted by molar-refractivity contribution is 0.0978. The zero-order valence-corrected chi connectivity index (χ0v) is 12.5. The van der Waals surface area contributed by atoms with E-state index in [-0.39, 0.29) is 11.7 Å². The van der Waals surface area contributed by atoms with Gasteiger partial charge in [-0.3, -0.25) is 4.79 Å². The van der Waals surface area contributed by atoms with Gasteiger partial charge in [-0.1, -0.05) is 41.9 Å². The number of ketones is 1. The molecule has 0 aliphatic carbocycles. The van der Waals surface area contributed by atoms with Crippen molar-refractivity contribution in [2.75, 3.05) is 0 Å². The van der Waals surface area contributed by atoms with E-state index in [1.165, 1.54) is 5.56 Å². The van der Waals surface area contributed by atoms with E-state index in [2.05, 4.69) is 21.7 Å². The maximum atomic E-state index is 12.6. The van der Waals surface area contributed by atoms with Crippen LogP contribution in [0.3, 0.4) is 0 Å². The van der Waals surface area contributed by atoms with Gasteiger partial charge in [-0.25, -0.2) is 4.98 Å². The molecule has 4 rings (SSSR count). The highest BCUT2D eigenvalue weighted by Crippen LogP contribution is 2.40. The van der Waals surface area contributed by atoms with Gasteiger partial charge in [0.2, 0.25) is 0 Å². The zero-order chi connectivity index (χ0) is 15.1. The standard InChI is InChI=1S/C18H13ClN2O/c19-13-5-3-4-12(8-13)18(22)9-15-14-6-1-2-7-16(14)21-11-20-10-17(15)21/h1-8,10-11,15H,9H2. The van der Waals surface area contributed by atoms with Gasteiger partial charge in [0.1, 0.15) is 0 Å². The molecule has 3 nitrogen and oxygen atoms in total. The number of halogens is 1. The van der Waals surface area contributed by atoms with Crippen LogP contribution in [-0.4, -0.2) is 15.3 Å². The summed E-state index contributed by atoms with van der Waals surface area (Å²) in [5, 5.41) is 0.586. The largest absolute Gasteiger partial charge is 0.302 e. The van der Waals surface area contributed by atoms with Gasteiger partial charge in [0, 0.05) is 29.1 Å². The van der Waals surface area contributed by atoms with Crippen LogP contribution in [0.2, 0.25) is 5.02 Å². The van der Waals surface area contributed by atoms with Gasteiger partial charge in [0.05, 0.1) is 17.7 Å². The molecule has 1 unspecified atom stereocenters. The lowest BCUT2D eigenvalue weighted by atomic mass is 9.91. The smallest absolute Gasteiger partial charge is 0.163 e. The maximum Gasteiger partial charge on any atom is 0.163 e. The summed E-state index contributed by atoms with van der Waals surface area (Å²) in [6.45, 7) is 0. The van der Waals surface area contributed by atoms with Crippen molar-refractivity contribution in [1.29, 1.82) is 0 Å². The molecule has 2 aromatic carbocycles. The number of para-hydroxylation sites is 1. The van der Waals surface area contributed by atoms with Gasteiger partial charge in [-0.15, -0.1) is 0 Å². The molecule has 0 saturated carbocycles. The van der Waals surface area contributed by atoms with E-state index in [1.807, 2.05) is 30.5 Å². The summed E-state index contributed by atoms with van der Waals surface area (Å²) in [6.07, 6.45) is 4.07. The summed E-state index contributed by atoms with van der Waals surface area (Å²) in [6, 6.07) is 15.3. The van der Waals surface area contributed by atoms with E-state index >= 15 is 0 Å². The molecule has 3 aromatic rings. The summed E-state index contributed by atoms with van der Waals surface area (Å²) < 4.78 is 2.06. The van der Waals surface area contributed by atoms with Crippen LogP contribution in [0.15, 0.2) is 61.1 Å². The number of hydrogen-bond donors (Lipinski definition) is 0. The minimum atomic E-state index is 0.0465. The number of benzene rings is 2. The summed E-state index contributed by atoms with van der Waals surface area (Å²) in [5.74, 6) is 0.141. The Hall–Kier alpha value is -2.39. The maximum absolute atomic E-state index is 12.6. The predicted molar refractivity (Wildman–Crippen MR) is 85.8 cm³/mol. The predicted octanol–water partition coefficient (Wildman–Crippen LogP) is 4.24. The van der Waals surface area contributed by atoms with Crippen LogP contribution in [0.25, 0.3) is 5.69 Å². The fraction of sp³-hybridized carbons (Fsp3) is 0.111. The molecule has 0 radical (unpaired) electrons. The summed E-state index contributed by atoms with van der Waals surface area (Å²) in [7, 11) is 0. The number of aromatic nitrogens is 2. The summed E-state index contributed by atoms with van der Waals surface area (Å²) in [4.78, 5) is 16.8. The van der Waals surface area contributed by atoms with Crippen molar-refractivity contribution in [1.82, 2.24) is 9.55 Å². The topological polar surface area (TPSA) is 34.9 Å². The molecule has 0 bridgehead atoms. The van der Waals surface area contributed by atoms with Crippen LogP contribution in [0.5, 0.6) is 0 Å². The van der Waals surface area contributed by atoms with Gasteiger partial charge in [0.25, 0.3) is 0 Å². The van der Waals surface area contributed by atoms with E-state index in [9.17, 15) is 4.79 Å². The lowest BCUT2D eigenvalue weighted by Crippen LogP contribution is -2.07. The molecule has 0 spiro atoms. The Morgan fingerprint density at radius 1 is 1.18 bits per heavy atom. The number of fused-ring (bicyclic) bond motifs is 3. The zero-order valence-electron chi connectivity index (χ0n) is 11.7. The van der Waals surface area contributed by atoms with Gasteiger partial charge < -0.3 is 4.57 Å². The Bertz CT molecular complexity index is 869. The van der Waals surface area contributed by atoms with Crippen molar-refractivity contribution in [3.05, 3.63) is 82.9 Å². The number of Topliss-reactive ketones (excluding diaryl/α,β-unsaturated/α-hetero) is 1. The molecule has 22 heavy (non-hydrogen) atoms. The number of rotatable bonds is 3. The quantitative estimate of drug-likeness (QED) is 0.678. The number of hydrogen-bond acceptors (Lipinski definition) is 2. The van der Waals surface area contributed by atoms with Crippen LogP contribution in [0.4, 0.5) is 0 Å². The lowest BCUT2D eigenvalue weighted by Gasteiger charge is -2.10. The molecule has 1 atom stereocenters. The number of nitrogens with zero attached hydrogens (tertiary/aromatic N) is 2. The molecule has 108 valence electrons. The highest BCUT2D eigenvalue weighted by molar-refractivity contribution is 6.31. The molecule has 4 heteroatoms. The Balaban J connectivity index is 1.71. The van der Waals surface area contributed by atoms with Crippen LogP contribution in [0.1, 0.15) is 34.0 Å². The highest BCUT2D eigenvalue weighted by Gasteiger charge is 2.30. The third-order valence-corrected chi connectivity index (χ3v) is 4.37. The minimum absolute atomic E-state index is 0.0465. The molecule has 0 N–H and O–H groups in total. The number of imidazole rings is 1. The molecule has 2 heterocycles. The van der Waals surface area contributed by atoms with Gasteiger partial charge in [-0.05, 0) is 23.8 Å². The van der Waals surface area contributed by atoms with Crippen molar-refractivity contribution >= 4 is 17.4 Å². The SMILES string of the molecule is O=C(CC1c2ccccc2-n2cncc21)c1cccc(Cl)c1. The molecule has 1 aliphatic heterocycles. The fourth-order valence-electron chi connectivity index (χ4n) is 3.10. The third kappa shape index (κ3) is 2.06. The van der Waals surface area contributed by atoms with Crippen molar-refractivity contribution in [2.24, 2.45) is 0 Å². The van der Waals surface area contributed by atoms with Gasteiger partial charge in [0.15, 0.2) is 5.78 Å². The molecule has 0 fully saturated rings. The Morgan fingerprint density at radius 3 is 2.91 bits per heavy atom. The first-order valence-electron chi connectivity index (χ1n) is 7.14. The van der Waals surface area contributed by atoms with E-state index in [1.54, 1.807) is 18.5 Å². The van der Waals surface area contributed by atoms with E-state index in [0.29, 0.717) is 17.0 Å². The second-order valence-corrected chi connectivity index (χ2v) is 5.87. The van der Waals surface area contributed by atoms with Crippen LogP contribution in [-0.2, 0) is 0 Å². The normalized spacial score (nSPS) is 15.4. The molecular formula is C18H13ClN2O. The first kappa shape index (κ1) is 13.3. The Labute approximate surface area is 133 Å².